The monoisotopic (exact) mass is 345 g/mol. The third kappa shape index (κ3) is 6.64. The highest BCUT2D eigenvalue weighted by atomic mass is 19.1. The second-order valence-corrected chi connectivity index (χ2v) is 6.19. The number of hydrogen-bond acceptors (Lipinski definition) is 3. The molecule has 5 heteroatoms. The predicted molar refractivity (Wildman–Crippen MR) is 94.7 cm³/mol. The van der Waals surface area contributed by atoms with Gasteiger partial charge in [-0.3, -0.25) is 0 Å². The Morgan fingerprint density at radius 3 is 2.40 bits per heavy atom. The number of aliphatic hydroxyl groups excluding tert-OH is 1. The van der Waals surface area contributed by atoms with E-state index >= 15 is 0 Å². The second kappa shape index (κ2) is 9.91. The molecule has 1 saturated heterocycles. The summed E-state index contributed by atoms with van der Waals surface area (Å²) in [6.45, 7) is 2.26. The lowest BCUT2D eigenvalue weighted by Gasteiger charge is -2.22. The van der Waals surface area contributed by atoms with Crippen LogP contribution in [0, 0.1) is 11.7 Å². The minimum absolute atomic E-state index is 0.143. The Hall–Kier alpha value is -2.24. The average molecular weight is 345 g/mol. The number of nitrogens with one attached hydrogen (secondary N) is 1. The van der Waals surface area contributed by atoms with Crippen LogP contribution in [-0.4, -0.2) is 29.3 Å². The van der Waals surface area contributed by atoms with Gasteiger partial charge >= 0.3 is 5.97 Å². The zero-order valence-corrected chi connectivity index (χ0v) is 14.1. The van der Waals surface area contributed by atoms with E-state index in [4.69, 9.17) is 10.2 Å². The van der Waals surface area contributed by atoms with Crippen LogP contribution in [0.4, 0.5) is 4.39 Å². The van der Waals surface area contributed by atoms with Crippen molar-refractivity contribution in [2.24, 2.45) is 5.92 Å². The number of hydrogen-bond donors (Lipinski definition) is 3. The Balaban J connectivity index is 0.000000186. The van der Waals surface area contributed by atoms with Crippen molar-refractivity contribution in [3.05, 3.63) is 71.5 Å². The van der Waals surface area contributed by atoms with Crippen molar-refractivity contribution in [1.82, 2.24) is 5.32 Å². The number of rotatable bonds is 4. The lowest BCUT2D eigenvalue weighted by atomic mass is 9.92. The maximum Gasteiger partial charge on any atom is 0.337 e. The van der Waals surface area contributed by atoms with Gasteiger partial charge in [-0.2, -0.15) is 0 Å². The van der Waals surface area contributed by atoms with E-state index in [2.05, 4.69) is 5.32 Å². The summed E-state index contributed by atoms with van der Waals surface area (Å²) in [5, 5.41) is 20.8. The molecule has 0 saturated carbocycles. The molecule has 0 amide bonds. The molecule has 1 fully saturated rings. The minimum atomic E-state index is -1.41. The molecular weight excluding hydrogens is 321 g/mol. The van der Waals surface area contributed by atoms with Gasteiger partial charge < -0.3 is 15.5 Å². The van der Waals surface area contributed by atoms with E-state index in [9.17, 15) is 9.18 Å². The maximum absolute atomic E-state index is 12.7. The van der Waals surface area contributed by atoms with Gasteiger partial charge in [-0.05, 0) is 61.5 Å². The number of aliphatic hydroxyl groups is 1. The number of carbonyl (C=O) groups is 1. The van der Waals surface area contributed by atoms with Crippen LogP contribution in [0.5, 0.6) is 0 Å². The van der Waals surface area contributed by atoms with E-state index in [0.717, 1.165) is 25.4 Å². The SMILES string of the molecule is Fc1ccc(CC2CCCNC2)cc1.O=C(O)C(O)c1ccccc1. The molecule has 134 valence electrons. The Kier molecular flexibility index (Phi) is 7.57. The van der Waals surface area contributed by atoms with Gasteiger partial charge in [0.15, 0.2) is 6.10 Å². The van der Waals surface area contributed by atoms with Crippen LogP contribution in [0.25, 0.3) is 0 Å². The van der Waals surface area contributed by atoms with E-state index in [1.165, 1.54) is 18.4 Å². The summed E-state index contributed by atoms with van der Waals surface area (Å²) >= 11 is 0. The highest BCUT2D eigenvalue weighted by Crippen LogP contribution is 2.16. The number of carboxylic acids is 1. The summed E-state index contributed by atoms with van der Waals surface area (Å²) in [5.74, 6) is -0.638. The zero-order valence-electron chi connectivity index (χ0n) is 14.1. The molecule has 1 aliphatic rings. The quantitative estimate of drug-likeness (QED) is 0.796. The molecule has 4 nitrogen and oxygen atoms in total. The molecule has 1 heterocycles. The molecule has 25 heavy (non-hydrogen) atoms. The Morgan fingerprint density at radius 1 is 1.16 bits per heavy atom. The van der Waals surface area contributed by atoms with Crippen molar-refractivity contribution >= 4 is 5.97 Å². The summed E-state index contributed by atoms with van der Waals surface area (Å²) in [4.78, 5) is 10.2. The first-order valence-electron chi connectivity index (χ1n) is 8.47. The standard InChI is InChI=1S/C12H16FN.C8H8O3/c13-12-5-3-10(4-6-12)8-11-2-1-7-14-9-11;9-7(8(10)11)6-4-2-1-3-5-6/h3-6,11,14H,1-2,7-9H2;1-5,7,9H,(H,10,11). The van der Waals surface area contributed by atoms with Gasteiger partial charge in [0.25, 0.3) is 0 Å². The van der Waals surface area contributed by atoms with E-state index in [1.807, 2.05) is 12.1 Å². The van der Waals surface area contributed by atoms with E-state index in [1.54, 1.807) is 42.5 Å². The van der Waals surface area contributed by atoms with Gasteiger partial charge in [-0.25, -0.2) is 9.18 Å². The van der Waals surface area contributed by atoms with Crippen LogP contribution < -0.4 is 5.32 Å². The van der Waals surface area contributed by atoms with Crippen LogP contribution in [-0.2, 0) is 11.2 Å². The molecule has 2 atom stereocenters. The molecule has 3 N–H and O–H groups in total. The fourth-order valence-corrected chi connectivity index (χ4v) is 2.83. The number of aliphatic carboxylic acids is 1. The molecule has 2 aromatic rings. The minimum Gasteiger partial charge on any atom is -0.479 e. The Labute approximate surface area is 147 Å². The number of carboxylic acid groups (broad SMARTS) is 1. The summed E-state index contributed by atoms with van der Waals surface area (Å²) in [6, 6.07) is 15.1. The number of halogens is 1. The van der Waals surface area contributed by atoms with Crippen LogP contribution in [0.2, 0.25) is 0 Å². The first-order chi connectivity index (χ1) is 12.1. The summed E-state index contributed by atoms with van der Waals surface area (Å²) in [7, 11) is 0. The average Bonchev–Trinajstić information content (AvgIpc) is 2.65. The summed E-state index contributed by atoms with van der Waals surface area (Å²) in [6.07, 6.45) is 2.24. The fourth-order valence-electron chi connectivity index (χ4n) is 2.83. The largest absolute Gasteiger partial charge is 0.479 e. The lowest BCUT2D eigenvalue weighted by Crippen LogP contribution is -2.30. The van der Waals surface area contributed by atoms with Gasteiger partial charge in [0.05, 0.1) is 0 Å². The number of piperidine rings is 1. The highest BCUT2D eigenvalue weighted by Gasteiger charge is 2.14. The molecule has 0 radical (unpaired) electrons. The third-order valence-corrected chi connectivity index (χ3v) is 4.19. The van der Waals surface area contributed by atoms with Crippen LogP contribution >= 0.6 is 0 Å². The predicted octanol–water partition coefficient (Wildman–Crippen LogP) is 3.17. The topological polar surface area (TPSA) is 69.6 Å². The Bertz CT molecular complexity index is 640. The first-order valence-corrected chi connectivity index (χ1v) is 8.47. The van der Waals surface area contributed by atoms with Crippen molar-refractivity contribution < 1.29 is 19.4 Å². The van der Waals surface area contributed by atoms with E-state index in [-0.39, 0.29) is 5.82 Å². The molecule has 1 aliphatic heterocycles. The Morgan fingerprint density at radius 2 is 1.84 bits per heavy atom. The van der Waals surface area contributed by atoms with Crippen molar-refractivity contribution in [1.29, 1.82) is 0 Å². The van der Waals surface area contributed by atoms with Gasteiger partial charge in [-0.15, -0.1) is 0 Å². The van der Waals surface area contributed by atoms with Crippen molar-refractivity contribution in [3.8, 4) is 0 Å². The van der Waals surface area contributed by atoms with Crippen molar-refractivity contribution in [3.63, 3.8) is 0 Å². The molecule has 0 aliphatic carbocycles. The highest BCUT2D eigenvalue weighted by molar-refractivity contribution is 5.73. The zero-order chi connectivity index (χ0) is 18.1. The van der Waals surface area contributed by atoms with Crippen molar-refractivity contribution in [2.75, 3.05) is 13.1 Å². The van der Waals surface area contributed by atoms with E-state index < -0.39 is 12.1 Å². The number of benzene rings is 2. The molecule has 2 aromatic carbocycles. The molecule has 2 unspecified atom stereocenters. The van der Waals surface area contributed by atoms with Gasteiger partial charge in [0.1, 0.15) is 5.82 Å². The van der Waals surface area contributed by atoms with Crippen molar-refractivity contribution in [2.45, 2.75) is 25.4 Å². The molecule has 3 rings (SSSR count). The molecular formula is C20H24FNO3. The molecule has 0 aromatic heterocycles. The van der Waals surface area contributed by atoms with E-state index in [0.29, 0.717) is 5.56 Å². The van der Waals surface area contributed by atoms with Crippen LogP contribution in [0.3, 0.4) is 0 Å². The fraction of sp³-hybridized carbons (Fsp3) is 0.350. The maximum atomic E-state index is 12.7. The van der Waals surface area contributed by atoms with Gasteiger partial charge in [-0.1, -0.05) is 42.5 Å². The van der Waals surface area contributed by atoms with Crippen LogP contribution in [0.1, 0.15) is 30.1 Å². The lowest BCUT2D eigenvalue weighted by molar-refractivity contribution is -0.146. The summed E-state index contributed by atoms with van der Waals surface area (Å²) < 4.78 is 12.7. The third-order valence-electron chi connectivity index (χ3n) is 4.19. The molecule has 0 bridgehead atoms. The molecule has 0 spiro atoms. The van der Waals surface area contributed by atoms with Gasteiger partial charge in [0.2, 0.25) is 0 Å². The van der Waals surface area contributed by atoms with Crippen LogP contribution in [0.15, 0.2) is 54.6 Å². The first kappa shape index (κ1) is 19.1. The van der Waals surface area contributed by atoms with Gasteiger partial charge in [0, 0.05) is 0 Å². The second-order valence-electron chi connectivity index (χ2n) is 6.19. The normalized spacial score (nSPS) is 17.9. The smallest absolute Gasteiger partial charge is 0.337 e. The summed E-state index contributed by atoms with van der Waals surface area (Å²) in [5.41, 5.74) is 1.65.